The van der Waals surface area contributed by atoms with Crippen molar-refractivity contribution in [3.8, 4) is 5.75 Å². The van der Waals surface area contributed by atoms with Crippen molar-refractivity contribution in [2.24, 2.45) is 0 Å². The van der Waals surface area contributed by atoms with E-state index in [1.165, 1.54) is 36.5 Å². The first-order chi connectivity index (χ1) is 15.4. The predicted octanol–water partition coefficient (Wildman–Crippen LogP) is 1.81. The molecule has 9 nitrogen and oxygen atoms in total. The minimum Gasteiger partial charge on any atom is -0.435 e. The molecule has 0 aliphatic carbocycles. The van der Waals surface area contributed by atoms with Gasteiger partial charge >= 0.3 is 6.61 Å². The molecule has 178 valence electrons. The Hall–Kier alpha value is -3.12. The number of ether oxygens (including phenoxy) is 1. The Balaban J connectivity index is 1.88. The maximum Gasteiger partial charge on any atom is 0.387 e. The molecule has 1 atom stereocenters. The molecule has 1 fully saturated rings. The number of sulfone groups is 1. The van der Waals surface area contributed by atoms with Gasteiger partial charge in [0.15, 0.2) is 9.84 Å². The largest absolute Gasteiger partial charge is 0.435 e. The number of anilines is 1. The molecule has 3 rings (SSSR count). The van der Waals surface area contributed by atoms with Crippen LogP contribution in [0.1, 0.15) is 35.5 Å². The van der Waals surface area contributed by atoms with E-state index in [9.17, 15) is 27.1 Å². The lowest BCUT2D eigenvalue weighted by Gasteiger charge is -2.38. The SMILES string of the molecule is CC(O)CNc1cc(C(=O)NC2(C)CS(=O)(=O)C2)cnc1C(=N)c1cccc(OC(F)F)c1. The summed E-state index contributed by atoms with van der Waals surface area (Å²) in [7, 11) is -3.16. The Morgan fingerprint density at radius 1 is 1.30 bits per heavy atom. The van der Waals surface area contributed by atoms with Crippen LogP contribution in [-0.4, -0.2) is 66.4 Å². The van der Waals surface area contributed by atoms with Gasteiger partial charge in [-0.1, -0.05) is 12.1 Å². The monoisotopic (exact) mass is 482 g/mol. The number of rotatable bonds is 9. The Morgan fingerprint density at radius 3 is 2.61 bits per heavy atom. The predicted molar refractivity (Wildman–Crippen MR) is 118 cm³/mol. The Morgan fingerprint density at radius 2 is 2.00 bits per heavy atom. The highest BCUT2D eigenvalue weighted by molar-refractivity contribution is 7.93. The molecule has 1 amide bonds. The first-order valence-corrected chi connectivity index (χ1v) is 11.8. The molecule has 1 aromatic heterocycles. The third-order valence-corrected chi connectivity index (χ3v) is 6.97. The summed E-state index contributed by atoms with van der Waals surface area (Å²) in [6.07, 6.45) is 0.495. The van der Waals surface area contributed by atoms with Gasteiger partial charge in [-0.2, -0.15) is 8.78 Å². The Bertz CT molecular complexity index is 1160. The number of benzene rings is 1. The number of carbonyl (C=O) groups excluding carboxylic acids is 1. The van der Waals surface area contributed by atoms with E-state index in [0.717, 1.165) is 0 Å². The van der Waals surface area contributed by atoms with E-state index in [2.05, 4.69) is 20.4 Å². The van der Waals surface area contributed by atoms with Crippen molar-refractivity contribution in [2.45, 2.75) is 32.1 Å². The molecule has 4 N–H and O–H groups in total. The standard InChI is InChI=1S/C21H24F2N4O5S/c1-12(28)8-25-16-7-14(19(29)27-21(2)10-33(30,31)11-21)9-26-18(16)17(24)13-4-3-5-15(6-13)32-20(22)23/h3-7,9,12,20,24-25,28H,8,10-11H2,1-2H3,(H,27,29). The van der Waals surface area contributed by atoms with Gasteiger partial charge in [0.25, 0.3) is 5.91 Å². The molecule has 1 saturated heterocycles. The number of carbonyl (C=O) groups is 1. The van der Waals surface area contributed by atoms with Crippen LogP contribution in [0, 0.1) is 5.41 Å². The minimum absolute atomic E-state index is 0.0948. The number of alkyl halides is 2. The summed E-state index contributed by atoms with van der Waals surface area (Å²) < 4.78 is 52.4. The first kappa shape index (κ1) is 24.5. The molecule has 1 aromatic carbocycles. The van der Waals surface area contributed by atoms with Gasteiger partial charge in [-0.3, -0.25) is 15.2 Å². The number of aliphatic hydroxyl groups excluding tert-OH is 1. The zero-order valence-electron chi connectivity index (χ0n) is 17.9. The smallest absolute Gasteiger partial charge is 0.387 e. The number of aromatic nitrogens is 1. The van der Waals surface area contributed by atoms with Gasteiger partial charge in [0.2, 0.25) is 0 Å². The van der Waals surface area contributed by atoms with E-state index >= 15 is 0 Å². The molecule has 0 bridgehead atoms. The van der Waals surface area contributed by atoms with Crippen LogP contribution in [0.15, 0.2) is 36.5 Å². The van der Waals surface area contributed by atoms with Crippen LogP contribution in [0.25, 0.3) is 0 Å². The summed E-state index contributed by atoms with van der Waals surface area (Å²) in [6, 6.07) is 7.02. The lowest BCUT2D eigenvalue weighted by molar-refractivity contribution is -0.0498. The van der Waals surface area contributed by atoms with Gasteiger partial charge in [0, 0.05) is 18.3 Å². The summed E-state index contributed by atoms with van der Waals surface area (Å²) in [6.45, 7) is 0.258. The van der Waals surface area contributed by atoms with Crippen molar-refractivity contribution in [3.05, 3.63) is 53.3 Å². The van der Waals surface area contributed by atoms with Crippen LogP contribution in [-0.2, 0) is 9.84 Å². The molecular weight excluding hydrogens is 458 g/mol. The summed E-state index contributed by atoms with van der Waals surface area (Å²) in [5, 5.41) is 23.8. The van der Waals surface area contributed by atoms with E-state index in [-0.39, 0.29) is 52.0 Å². The van der Waals surface area contributed by atoms with Crippen molar-refractivity contribution in [2.75, 3.05) is 23.4 Å². The van der Waals surface area contributed by atoms with Gasteiger partial charge in [0.05, 0.1) is 40.1 Å². The fourth-order valence-corrected chi connectivity index (χ4v) is 5.49. The molecule has 1 aliphatic rings. The van der Waals surface area contributed by atoms with Crippen molar-refractivity contribution in [1.29, 1.82) is 5.41 Å². The lowest BCUT2D eigenvalue weighted by atomic mass is 10.0. The molecular formula is C21H24F2N4O5S. The van der Waals surface area contributed by atoms with Crippen LogP contribution >= 0.6 is 0 Å². The summed E-state index contributed by atoms with van der Waals surface area (Å²) in [5.74, 6) is -0.978. The number of hydrogen-bond acceptors (Lipinski definition) is 8. The average molecular weight is 483 g/mol. The summed E-state index contributed by atoms with van der Waals surface area (Å²) in [5.41, 5.74) is -0.226. The van der Waals surface area contributed by atoms with Gasteiger partial charge in [-0.15, -0.1) is 0 Å². The summed E-state index contributed by atoms with van der Waals surface area (Å²) >= 11 is 0. The van der Waals surface area contributed by atoms with Crippen molar-refractivity contribution >= 4 is 27.1 Å². The second-order valence-corrected chi connectivity index (χ2v) is 10.2. The van der Waals surface area contributed by atoms with Crippen molar-refractivity contribution in [3.63, 3.8) is 0 Å². The molecule has 33 heavy (non-hydrogen) atoms. The highest BCUT2D eigenvalue weighted by Crippen LogP contribution is 2.25. The van der Waals surface area contributed by atoms with E-state index in [0.29, 0.717) is 0 Å². The molecule has 2 aromatic rings. The number of pyridine rings is 1. The van der Waals surface area contributed by atoms with E-state index < -0.39 is 34.0 Å². The number of nitrogens with one attached hydrogen (secondary N) is 3. The molecule has 12 heteroatoms. The second kappa shape index (κ2) is 9.40. The van der Waals surface area contributed by atoms with Crippen molar-refractivity contribution in [1.82, 2.24) is 10.3 Å². The van der Waals surface area contributed by atoms with Crippen LogP contribution in [0.5, 0.6) is 5.75 Å². The highest BCUT2D eigenvalue weighted by Gasteiger charge is 2.45. The number of halogens is 2. The Kier molecular flexibility index (Phi) is 6.98. The average Bonchev–Trinajstić information content (AvgIpc) is 2.69. The molecule has 0 spiro atoms. The van der Waals surface area contributed by atoms with Gasteiger partial charge in [0.1, 0.15) is 11.4 Å². The molecule has 0 radical (unpaired) electrons. The molecule has 1 unspecified atom stereocenters. The third-order valence-electron chi connectivity index (χ3n) is 4.81. The topological polar surface area (TPSA) is 141 Å². The second-order valence-electron chi connectivity index (χ2n) is 8.18. The van der Waals surface area contributed by atoms with Crippen LogP contribution in [0.4, 0.5) is 14.5 Å². The first-order valence-electron chi connectivity index (χ1n) is 9.96. The van der Waals surface area contributed by atoms with E-state index in [4.69, 9.17) is 5.41 Å². The molecule has 2 heterocycles. The summed E-state index contributed by atoms with van der Waals surface area (Å²) in [4.78, 5) is 16.9. The van der Waals surface area contributed by atoms with Gasteiger partial charge < -0.3 is 20.5 Å². The Labute approximate surface area is 189 Å². The van der Waals surface area contributed by atoms with Gasteiger partial charge in [-0.05, 0) is 32.0 Å². The fraction of sp³-hybridized carbons (Fsp3) is 0.381. The number of hydrogen-bond donors (Lipinski definition) is 4. The number of amides is 1. The zero-order valence-corrected chi connectivity index (χ0v) is 18.7. The molecule has 0 saturated carbocycles. The number of nitrogens with zero attached hydrogens (tertiary/aromatic N) is 1. The van der Waals surface area contributed by atoms with Crippen LogP contribution in [0.2, 0.25) is 0 Å². The maximum absolute atomic E-state index is 12.7. The lowest BCUT2D eigenvalue weighted by Crippen LogP contribution is -2.63. The van der Waals surface area contributed by atoms with Crippen molar-refractivity contribution < 1.29 is 31.8 Å². The quantitative estimate of drug-likeness (QED) is 0.400. The zero-order chi connectivity index (χ0) is 24.4. The van der Waals surface area contributed by atoms with E-state index in [1.807, 2.05) is 0 Å². The minimum atomic E-state index is -3.16. The van der Waals surface area contributed by atoms with E-state index in [1.54, 1.807) is 13.8 Å². The number of aliphatic hydroxyl groups is 1. The maximum atomic E-state index is 12.7. The molecule has 1 aliphatic heterocycles. The third kappa shape index (κ3) is 6.23. The van der Waals surface area contributed by atoms with Gasteiger partial charge in [-0.25, -0.2) is 8.42 Å². The fourth-order valence-electron chi connectivity index (χ4n) is 3.49. The van der Waals surface area contributed by atoms with Crippen LogP contribution in [0.3, 0.4) is 0 Å². The normalized spacial score (nSPS) is 17.0. The highest BCUT2D eigenvalue weighted by atomic mass is 32.2. The van der Waals surface area contributed by atoms with Crippen LogP contribution < -0.4 is 15.4 Å².